The number of esters is 4. The van der Waals surface area contributed by atoms with E-state index in [1.165, 1.54) is 94.7 Å². The van der Waals surface area contributed by atoms with Crippen molar-refractivity contribution in [1.82, 2.24) is 0 Å². The number of nitrogens with one attached hydrogen (secondary N) is 1. The molecule has 0 bridgehead atoms. The number of halogens is 18. The van der Waals surface area contributed by atoms with E-state index in [1.54, 1.807) is 48.5 Å². The summed E-state index contributed by atoms with van der Waals surface area (Å²) in [6.45, 7) is 32.7. The normalized spacial score (nSPS) is 13.5. The van der Waals surface area contributed by atoms with E-state index in [0.29, 0.717) is 58.7 Å². The third-order valence-corrected chi connectivity index (χ3v) is 23.7. The molecule has 0 aromatic heterocycles. The van der Waals surface area contributed by atoms with Crippen molar-refractivity contribution in [2.75, 3.05) is 5.32 Å². The number of carbonyl (C=O) groups is 5. The molecule has 1 aliphatic heterocycles. The zero-order valence-corrected chi connectivity index (χ0v) is 75.0. The molecule has 0 saturated carbocycles. The number of aromatic hydroxyl groups is 3. The van der Waals surface area contributed by atoms with Crippen LogP contribution < -0.4 is 14.8 Å². The van der Waals surface area contributed by atoms with Gasteiger partial charge in [0.05, 0.1) is 21.7 Å². The number of phenols is 3. The molecule has 36 heteroatoms. The fourth-order valence-electron chi connectivity index (χ4n) is 9.77. The average Bonchev–Trinajstić information content (AvgIpc) is 0.735. The van der Waals surface area contributed by atoms with Crippen molar-refractivity contribution in [3.8, 4) is 34.5 Å². The predicted octanol–water partition coefficient (Wildman–Crippen LogP) is 24.3. The van der Waals surface area contributed by atoms with Crippen molar-refractivity contribution in [1.29, 1.82) is 0 Å². The Kier molecular flexibility index (Phi) is 38.8. The van der Waals surface area contributed by atoms with E-state index in [-0.39, 0.29) is 64.4 Å². The monoisotopic (exact) mass is 1830 g/mol. The lowest BCUT2D eigenvalue weighted by Gasteiger charge is -2.44. The summed E-state index contributed by atoms with van der Waals surface area (Å²) in [6, 6.07) is 47.3. The number of aliphatic hydroxyl groups is 3. The summed E-state index contributed by atoms with van der Waals surface area (Å²) in [5, 5.41) is 57.9. The number of para-hydroxylation sites is 2. The quantitative estimate of drug-likeness (QED) is 0.00880. The average molecular weight is 1830 g/mol. The zero-order valence-electron chi connectivity index (χ0n) is 74.2. The van der Waals surface area contributed by atoms with Gasteiger partial charge < -0.3 is 59.6 Å². The van der Waals surface area contributed by atoms with E-state index >= 15 is 0 Å². The number of hydrogen-bond acceptors (Lipinski definition) is 16. The third kappa shape index (κ3) is 28.9. The van der Waals surface area contributed by atoms with Gasteiger partial charge >= 0.3 is 60.9 Å². The first kappa shape index (κ1) is 114. The van der Waals surface area contributed by atoms with Gasteiger partial charge in [-0.2, -0.15) is 79.0 Å². The summed E-state index contributed by atoms with van der Waals surface area (Å²) in [4.78, 5) is 62.5. The number of fused-ring (bicyclic) bond motifs is 2. The molecule has 125 heavy (non-hydrogen) atoms. The zero-order chi connectivity index (χ0) is 98.0. The molecule has 17 nitrogen and oxygen atoms in total. The van der Waals surface area contributed by atoms with Crippen LogP contribution >= 0.6 is 0 Å². The van der Waals surface area contributed by atoms with E-state index in [9.17, 15) is 118 Å². The van der Waals surface area contributed by atoms with Gasteiger partial charge in [0, 0.05) is 11.1 Å². The number of carbonyl (C=O) groups excluding carboxylic acids is 5. The highest BCUT2D eigenvalue weighted by Crippen LogP contribution is 2.55. The summed E-state index contributed by atoms with van der Waals surface area (Å²) in [7, 11) is -0.0829. The van der Waals surface area contributed by atoms with Gasteiger partial charge in [0.25, 0.3) is 16.8 Å². The summed E-state index contributed by atoms with van der Waals surface area (Å²) < 4.78 is 254. The van der Waals surface area contributed by atoms with E-state index in [0.717, 1.165) is 30.8 Å². The molecule has 0 saturated heterocycles. The van der Waals surface area contributed by atoms with Gasteiger partial charge in [0.1, 0.15) is 33.9 Å². The molecule has 7 N–H and O–H groups in total. The van der Waals surface area contributed by atoms with Gasteiger partial charge in [-0.25, -0.2) is 0 Å². The first-order valence-electron chi connectivity index (χ1n) is 39.1. The van der Waals surface area contributed by atoms with Crippen molar-refractivity contribution in [3.05, 3.63) is 157 Å². The first-order valence-corrected chi connectivity index (χ1v) is 40.3. The maximum atomic E-state index is 12.8. The van der Waals surface area contributed by atoms with Gasteiger partial charge in [-0.05, 0) is 243 Å². The topological polar surface area (TPSA) is 265 Å². The highest BCUT2D eigenvalue weighted by atomic mass is 32.2. The van der Waals surface area contributed by atoms with Gasteiger partial charge in [-0.3, -0.25) is 24.0 Å². The van der Waals surface area contributed by atoms with Crippen LogP contribution in [0, 0.1) is 27.1 Å². The molecule has 0 spiro atoms. The second-order valence-electron chi connectivity index (χ2n) is 34.3. The Balaban J connectivity index is 0.000000734. The molecule has 1 aliphatic rings. The Morgan fingerprint density at radius 3 is 0.856 bits per heavy atom. The number of anilines is 1. The molecular formula is C89H116F18NO16S+. The minimum atomic E-state index is -6.06. The van der Waals surface area contributed by atoms with E-state index < -0.39 is 110 Å². The Hall–Kier alpha value is -9.16. The predicted molar refractivity (Wildman–Crippen MR) is 436 cm³/mol. The Labute approximate surface area is 720 Å². The van der Waals surface area contributed by atoms with Crippen LogP contribution in [0.2, 0.25) is 0 Å². The summed E-state index contributed by atoms with van der Waals surface area (Å²) in [5.74, 6) is -0.953. The fraction of sp³-hybridized carbons (Fsp3) is 0.539. The van der Waals surface area contributed by atoms with E-state index in [2.05, 4.69) is 94.9 Å². The Morgan fingerprint density at radius 2 is 0.584 bits per heavy atom. The van der Waals surface area contributed by atoms with Crippen LogP contribution in [0.3, 0.4) is 0 Å². The van der Waals surface area contributed by atoms with Crippen LogP contribution in [0.5, 0.6) is 34.5 Å². The molecule has 0 atom stereocenters. The lowest BCUT2D eigenvalue weighted by molar-refractivity contribution is -0.408. The molecule has 6 aromatic carbocycles. The van der Waals surface area contributed by atoms with E-state index in [4.69, 9.17) is 24.8 Å². The smallest absolute Gasteiger partial charge is 0.430 e. The number of amides is 1. The number of ether oxygens (including phenoxy) is 5. The number of alkyl halides is 18. The van der Waals surface area contributed by atoms with Crippen LogP contribution in [0.4, 0.5) is 84.7 Å². The SMILES string of the molecule is CCC(C)(C)C(=O)Nc1ccc(O)cc1.CCC(C)(C)C(=O)OC(C)(C)C(O)(C(F)(F)F)C(F)(F)F.CCC(C)(C)C(=O)OC(C)(C)C(O)(C(F)(F)F)C(F)(F)F.CCC(C)(C)C(=O)OC(C)(C)C(O)(C(F)(F)F)C(F)(F)F.CCC(C)(C)C(=O)Oc1ccc(O)cc1.CCC(C)(C)c1ccc(O)cc1.c1ccc([S+]2c3ccccc3Oc3ccccc32)cc1. The van der Waals surface area contributed by atoms with Crippen molar-refractivity contribution in [2.24, 2.45) is 27.1 Å². The second-order valence-corrected chi connectivity index (χ2v) is 36.3. The van der Waals surface area contributed by atoms with Crippen LogP contribution in [0.15, 0.2) is 166 Å². The number of hydrogen-bond donors (Lipinski definition) is 7. The highest BCUT2D eigenvalue weighted by molar-refractivity contribution is 7.97. The highest BCUT2D eigenvalue weighted by Gasteiger charge is 2.81. The van der Waals surface area contributed by atoms with Crippen molar-refractivity contribution >= 4 is 46.4 Å². The first-order chi connectivity index (χ1) is 56.2. The van der Waals surface area contributed by atoms with Crippen LogP contribution in [0.25, 0.3) is 0 Å². The minimum absolute atomic E-state index is 0.00399. The van der Waals surface area contributed by atoms with Crippen molar-refractivity contribution in [3.63, 3.8) is 0 Å². The minimum Gasteiger partial charge on any atom is -0.508 e. The van der Waals surface area contributed by atoms with Crippen LogP contribution in [-0.4, -0.2) is 131 Å². The lowest BCUT2D eigenvalue weighted by atomic mass is 9.82. The lowest BCUT2D eigenvalue weighted by Crippen LogP contribution is -2.70. The van der Waals surface area contributed by atoms with Crippen LogP contribution in [-0.2, 0) is 54.5 Å². The van der Waals surface area contributed by atoms with Crippen molar-refractivity contribution in [2.45, 2.75) is 295 Å². The molecule has 0 radical (unpaired) electrons. The molecule has 0 fully saturated rings. The Morgan fingerprint density at radius 1 is 0.328 bits per heavy atom. The molecule has 6 aromatic rings. The molecule has 7 rings (SSSR count). The Bertz CT molecular complexity index is 4100. The van der Waals surface area contributed by atoms with Gasteiger partial charge in [0.2, 0.25) is 15.7 Å². The van der Waals surface area contributed by atoms with Gasteiger partial charge in [-0.15, -0.1) is 0 Å². The molecule has 1 heterocycles. The number of rotatable bonds is 21. The molecular weight excluding hydrogens is 1710 g/mol. The summed E-state index contributed by atoms with van der Waals surface area (Å²) in [6.07, 6.45) is -33.3. The number of phenolic OH excluding ortho intramolecular Hbond substituents is 3. The molecule has 0 aliphatic carbocycles. The summed E-state index contributed by atoms with van der Waals surface area (Å²) >= 11 is 0. The molecule has 1 amide bonds. The van der Waals surface area contributed by atoms with E-state index in [1.807, 2.05) is 77.9 Å². The molecule has 0 unspecified atom stereocenters. The van der Waals surface area contributed by atoms with Gasteiger partial charge in [0.15, 0.2) is 33.2 Å². The number of benzene rings is 6. The van der Waals surface area contributed by atoms with Crippen molar-refractivity contribution < 1.29 is 157 Å². The maximum Gasteiger partial charge on any atom is 0.430 e. The van der Waals surface area contributed by atoms with Gasteiger partial charge in [-0.1, -0.05) is 124 Å². The fourth-order valence-corrected chi connectivity index (χ4v) is 12.0. The molecule has 704 valence electrons. The summed E-state index contributed by atoms with van der Waals surface area (Å²) in [5.41, 5.74) is -27.7. The van der Waals surface area contributed by atoms with Crippen LogP contribution in [0.1, 0.15) is 210 Å². The maximum absolute atomic E-state index is 12.8. The standard InChI is InChI=1S/C18H13OS.3C12H18F6O3.C12H17NO2.C12H16O3.C11H16O/c1-2-8-14(9-3-1)20-17-12-6-4-10-15(17)19-16-11-5-7-13-18(16)20;3*1-6-8(2,3)7(19)21-9(4,5)10(20,11(13,14)15)12(16,17)18;1-4-12(2,3)11(15)13-9-5-7-10(14)8-6-9;1-4-12(2,3)11(14)15-10-7-5-9(13)6-8-10;1-4-11(2,3)9-5-7-10(12)8-6-9/h1-13H;3*20H,6H2,1-5H3;5-8,14H,4H2,1-3H3,(H,13,15);5-8,13H,4H2,1-3H3;5-8,12H,4H2,1-3H3/q+1;;;;;;. The third-order valence-electron chi connectivity index (χ3n) is 21.4. The largest absolute Gasteiger partial charge is 0.508 e. The second kappa shape index (κ2) is 42.6.